The number of aryl methyl sites for hydroxylation is 1. The second-order valence-electron chi connectivity index (χ2n) is 6.27. The van der Waals surface area contributed by atoms with Crippen molar-refractivity contribution in [1.82, 2.24) is 9.97 Å². The fourth-order valence-electron chi connectivity index (χ4n) is 2.42. The Kier molecular flexibility index (Phi) is 6.71. The molecule has 4 heteroatoms. The Morgan fingerprint density at radius 2 is 2.12 bits per heavy atom. The zero-order valence-corrected chi connectivity index (χ0v) is 16.6. The maximum Gasteiger partial charge on any atom is 0.138 e. The van der Waals surface area contributed by atoms with Crippen molar-refractivity contribution in [2.45, 2.75) is 47.5 Å². The smallest absolute Gasteiger partial charge is 0.138 e. The average Bonchev–Trinajstić information content (AvgIpc) is 3.19. The molecule has 0 aliphatic carbocycles. The lowest BCUT2D eigenvalue weighted by atomic mass is 10.1. The van der Waals surface area contributed by atoms with E-state index in [4.69, 9.17) is 9.98 Å². The molecule has 0 aliphatic heterocycles. The third kappa shape index (κ3) is 4.67. The standard InChI is InChI=1S/C21H27N3S/c1-7-9-11-17-16(6)22-12-18(17)20-13-25-21(24-20)19(10-8-2)23-15(5)14(3)4/h7,9,11-13,22H,1,8,10H2,2-6H3/b11-9-,23-19?. The molecule has 0 fully saturated rings. The molecule has 25 heavy (non-hydrogen) atoms. The van der Waals surface area contributed by atoms with E-state index < -0.39 is 0 Å². The Labute approximate surface area is 154 Å². The predicted molar refractivity (Wildman–Crippen MR) is 111 cm³/mol. The number of H-pyrrole nitrogens is 1. The Morgan fingerprint density at radius 1 is 1.36 bits per heavy atom. The minimum absolute atomic E-state index is 0.937. The molecular weight excluding hydrogens is 326 g/mol. The number of rotatable bonds is 7. The molecule has 1 N–H and O–H groups in total. The molecule has 2 aromatic rings. The molecule has 0 atom stereocenters. The van der Waals surface area contributed by atoms with Crippen LogP contribution in [0.2, 0.25) is 0 Å². The summed E-state index contributed by atoms with van der Waals surface area (Å²) in [5.41, 5.74) is 7.79. The highest BCUT2D eigenvalue weighted by atomic mass is 32.1. The third-order valence-electron chi connectivity index (χ3n) is 4.07. The number of aromatic nitrogens is 2. The summed E-state index contributed by atoms with van der Waals surface area (Å²) in [6, 6.07) is 0. The van der Waals surface area contributed by atoms with Gasteiger partial charge in [-0.25, -0.2) is 4.98 Å². The largest absolute Gasteiger partial charge is 0.364 e. The molecule has 2 heterocycles. The number of allylic oxidation sites excluding steroid dienone is 4. The molecule has 2 aromatic heterocycles. The van der Waals surface area contributed by atoms with Crippen molar-refractivity contribution in [2.75, 3.05) is 0 Å². The van der Waals surface area contributed by atoms with Gasteiger partial charge in [-0.2, -0.15) is 0 Å². The summed E-state index contributed by atoms with van der Waals surface area (Å²) >= 11 is 1.67. The van der Waals surface area contributed by atoms with E-state index in [2.05, 4.69) is 57.6 Å². The fraction of sp³-hybridized carbons (Fsp3) is 0.333. The molecule has 0 saturated carbocycles. The molecule has 0 bridgehead atoms. The molecule has 0 saturated heterocycles. The van der Waals surface area contributed by atoms with Crippen molar-refractivity contribution >= 4 is 23.1 Å². The summed E-state index contributed by atoms with van der Waals surface area (Å²) in [4.78, 5) is 13.0. The van der Waals surface area contributed by atoms with Gasteiger partial charge < -0.3 is 4.98 Å². The van der Waals surface area contributed by atoms with Crippen LogP contribution in [0.5, 0.6) is 0 Å². The molecule has 0 aromatic carbocycles. The van der Waals surface area contributed by atoms with E-state index in [-0.39, 0.29) is 0 Å². The zero-order valence-electron chi connectivity index (χ0n) is 15.8. The quantitative estimate of drug-likeness (QED) is 0.445. The van der Waals surface area contributed by atoms with Crippen LogP contribution < -0.4 is 0 Å². The molecule has 0 spiro atoms. The number of aliphatic imine (C=N–C) groups is 1. The van der Waals surface area contributed by atoms with Gasteiger partial charge >= 0.3 is 0 Å². The molecule has 2 rings (SSSR count). The summed E-state index contributed by atoms with van der Waals surface area (Å²) in [7, 11) is 0. The van der Waals surface area contributed by atoms with E-state index in [1.54, 1.807) is 17.4 Å². The fourth-order valence-corrected chi connectivity index (χ4v) is 3.26. The van der Waals surface area contributed by atoms with Crippen molar-refractivity contribution in [3.63, 3.8) is 0 Å². The molecular formula is C21H27N3S. The van der Waals surface area contributed by atoms with Gasteiger partial charge in [-0.3, -0.25) is 4.99 Å². The van der Waals surface area contributed by atoms with Crippen LogP contribution in [0, 0.1) is 6.92 Å². The lowest BCUT2D eigenvalue weighted by molar-refractivity contribution is 0.984. The minimum atomic E-state index is 0.937. The maximum atomic E-state index is 4.88. The van der Waals surface area contributed by atoms with Gasteiger partial charge in [0.2, 0.25) is 0 Å². The van der Waals surface area contributed by atoms with E-state index >= 15 is 0 Å². The summed E-state index contributed by atoms with van der Waals surface area (Å²) in [6.07, 6.45) is 9.83. The molecule has 0 aliphatic rings. The van der Waals surface area contributed by atoms with Gasteiger partial charge in [0, 0.05) is 34.1 Å². The lowest BCUT2D eigenvalue weighted by Gasteiger charge is -2.03. The summed E-state index contributed by atoms with van der Waals surface area (Å²) in [5, 5.41) is 3.13. The van der Waals surface area contributed by atoms with Crippen LogP contribution in [0.4, 0.5) is 0 Å². The first-order valence-corrected chi connectivity index (χ1v) is 9.50. The van der Waals surface area contributed by atoms with E-state index in [1.165, 1.54) is 5.57 Å². The van der Waals surface area contributed by atoms with Gasteiger partial charge in [-0.1, -0.05) is 43.7 Å². The zero-order chi connectivity index (χ0) is 18.4. The van der Waals surface area contributed by atoms with Crippen molar-refractivity contribution in [1.29, 1.82) is 0 Å². The third-order valence-corrected chi connectivity index (χ3v) is 4.96. The van der Waals surface area contributed by atoms with Gasteiger partial charge in [-0.15, -0.1) is 11.3 Å². The van der Waals surface area contributed by atoms with Crippen LogP contribution in [0.3, 0.4) is 0 Å². The molecule has 132 valence electrons. The van der Waals surface area contributed by atoms with Crippen LogP contribution in [0.1, 0.15) is 56.8 Å². The molecule has 0 radical (unpaired) electrons. The van der Waals surface area contributed by atoms with Crippen molar-refractivity contribution < 1.29 is 0 Å². The highest BCUT2D eigenvalue weighted by Gasteiger charge is 2.14. The van der Waals surface area contributed by atoms with Gasteiger partial charge in [0.05, 0.1) is 11.4 Å². The predicted octanol–water partition coefficient (Wildman–Crippen LogP) is 6.55. The minimum Gasteiger partial charge on any atom is -0.364 e. The Morgan fingerprint density at radius 3 is 2.76 bits per heavy atom. The summed E-state index contributed by atoms with van der Waals surface area (Å²) < 4.78 is 0. The highest BCUT2D eigenvalue weighted by molar-refractivity contribution is 7.12. The van der Waals surface area contributed by atoms with Gasteiger partial charge in [0.1, 0.15) is 5.01 Å². The van der Waals surface area contributed by atoms with Crippen LogP contribution in [-0.4, -0.2) is 15.7 Å². The molecule has 3 nitrogen and oxygen atoms in total. The second kappa shape index (κ2) is 8.77. The van der Waals surface area contributed by atoms with Crippen molar-refractivity contribution in [3.05, 3.63) is 57.8 Å². The first-order valence-electron chi connectivity index (χ1n) is 8.62. The summed E-state index contributed by atoms with van der Waals surface area (Å²) in [5.74, 6) is 0. The van der Waals surface area contributed by atoms with E-state index in [9.17, 15) is 0 Å². The van der Waals surface area contributed by atoms with Crippen LogP contribution in [0.15, 0.2) is 46.6 Å². The normalized spacial score (nSPS) is 12.0. The molecule has 0 amide bonds. The molecule has 0 unspecified atom stereocenters. The SMILES string of the molecule is C=C/C=C\c1c(-c2csc(C(CCC)=NC(C)=C(C)C)n2)c[nH]c1C. The number of thiazole rings is 1. The Bertz CT molecular complexity index is 827. The number of hydrogen-bond donors (Lipinski definition) is 1. The van der Waals surface area contributed by atoms with Crippen molar-refractivity contribution in [2.24, 2.45) is 4.99 Å². The maximum absolute atomic E-state index is 4.88. The number of aromatic amines is 1. The number of nitrogens with one attached hydrogen (secondary N) is 1. The first-order chi connectivity index (χ1) is 12.0. The monoisotopic (exact) mass is 353 g/mol. The topological polar surface area (TPSA) is 41.0 Å². The van der Waals surface area contributed by atoms with Gasteiger partial charge in [0.15, 0.2) is 0 Å². The lowest BCUT2D eigenvalue weighted by Crippen LogP contribution is -2.01. The van der Waals surface area contributed by atoms with E-state index in [0.717, 1.165) is 51.8 Å². The number of hydrogen-bond acceptors (Lipinski definition) is 3. The number of nitrogens with zero attached hydrogens (tertiary/aromatic N) is 2. The second-order valence-corrected chi connectivity index (χ2v) is 7.13. The van der Waals surface area contributed by atoms with E-state index in [0.29, 0.717) is 0 Å². The Hall–Kier alpha value is -2.20. The van der Waals surface area contributed by atoms with E-state index in [1.807, 2.05) is 12.3 Å². The average molecular weight is 354 g/mol. The Balaban J connectivity index is 2.44. The van der Waals surface area contributed by atoms with Gasteiger partial charge in [0.25, 0.3) is 0 Å². The van der Waals surface area contributed by atoms with Crippen LogP contribution >= 0.6 is 11.3 Å². The highest BCUT2D eigenvalue weighted by Crippen LogP contribution is 2.29. The van der Waals surface area contributed by atoms with Crippen LogP contribution in [0.25, 0.3) is 17.3 Å². The summed E-state index contributed by atoms with van der Waals surface area (Å²) in [6.45, 7) is 14.2. The first kappa shape index (κ1) is 19.1. The van der Waals surface area contributed by atoms with Crippen molar-refractivity contribution in [3.8, 4) is 11.3 Å². The van der Waals surface area contributed by atoms with Crippen LogP contribution in [-0.2, 0) is 0 Å². The van der Waals surface area contributed by atoms with Gasteiger partial charge in [-0.05, 0) is 34.1 Å².